The Hall–Kier alpha value is -2.48. The lowest BCUT2D eigenvalue weighted by molar-refractivity contribution is 0.0297. The molecule has 2 saturated heterocycles. The smallest absolute Gasteiger partial charge is 0.274 e. The van der Waals surface area contributed by atoms with Crippen molar-refractivity contribution >= 4 is 5.91 Å². The topological polar surface area (TPSA) is 68.6 Å². The molecule has 2 fully saturated rings. The van der Waals surface area contributed by atoms with Crippen molar-refractivity contribution in [2.75, 3.05) is 46.1 Å². The van der Waals surface area contributed by atoms with Gasteiger partial charge in [0.15, 0.2) is 5.69 Å². The fourth-order valence-corrected chi connectivity index (χ4v) is 5.68. The average Bonchev–Trinajstić information content (AvgIpc) is 3.26. The van der Waals surface area contributed by atoms with E-state index >= 15 is 0 Å². The summed E-state index contributed by atoms with van der Waals surface area (Å²) in [7, 11) is 0. The molecule has 0 spiro atoms. The molecule has 0 saturated carbocycles. The molecule has 7 heteroatoms. The van der Waals surface area contributed by atoms with Gasteiger partial charge in [0.1, 0.15) is 0 Å². The lowest BCUT2D eigenvalue weighted by Gasteiger charge is -2.39. The summed E-state index contributed by atoms with van der Waals surface area (Å²) in [6.45, 7) is 9.50. The maximum absolute atomic E-state index is 13.4. The lowest BCUT2D eigenvalue weighted by Crippen LogP contribution is -2.47. The van der Waals surface area contributed by atoms with Crippen LogP contribution in [0.2, 0.25) is 0 Å². The number of hydrogen-bond donors (Lipinski definition) is 1. The van der Waals surface area contributed by atoms with E-state index in [1.807, 2.05) is 15.7 Å². The Balaban J connectivity index is 1.34. The largest absolute Gasteiger partial charge is 0.381 e. The van der Waals surface area contributed by atoms with Crippen LogP contribution in [-0.2, 0) is 34.3 Å². The number of aromatic nitrogens is 2. The summed E-state index contributed by atoms with van der Waals surface area (Å²) in [6.07, 6.45) is 6.71. The number of nitrogens with zero attached hydrogens (tertiary/aromatic N) is 3. The Morgan fingerprint density at radius 3 is 2.62 bits per heavy atom. The van der Waals surface area contributed by atoms with E-state index in [0.29, 0.717) is 44.6 Å². The first kappa shape index (κ1) is 23.3. The molecular weight excluding hydrogens is 428 g/mol. The van der Waals surface area contributed by atoms with Crippen molar-refractivity contribution in [2.45, 2.75) is 50.1 Å². The van der Waals surface area contributed by atoms with Crippen molar-refractivity contribution in [2.24, 2.45) is 0 Å². The summed E-state index contributed by atoms with van der Waals surface area (Å²) >= 11 is 0. The van der Waals surface area contributed by atoms with Crippen LogP contribution in [-0.4, -0.2) is 72.7 Å². The SMILES string of the molecule is C=CCn1nc(C(=O)N2CCOCC2)c2c1CC[C@@H](NCC1(c3ccccc3)CCOCC1)C2. The molecule has 0 radical (unpaired) electrons. The van der Waals surface area contributed by atoms with Gasteiger partial charge in [-0.1, -0.05) is 36.4 Å². The van der Waals surface area contributed by atoms with Gasteiger partial charge in [0.2, 0.25) is 0 Å². The number of benzene rings is 1. The first-order valence-electron chi connectivity index (χ1n) is 12.6. The summed E-state index contributed by atoms with van der Waals surface area (Å²) in [6, 6.07) is 11.2. The molecule has 0 bridgehead atoms. The van der Waals surface area contributed by atoms with Crippen LogP contribution in [0.4, 0.5) is 0 Å². The van der Waals surface area contributed by atoms with Gasteiger partial charge in [-0.15, -0.1) is 6.58 Å². The summed E-state index contributed by atoms with van der Waals surface area (Å²) in [5, 5.41) is 8.67. The van der Waals surface area contributed by atoms with Gasteiger partial charge in [0, 0.05) is 55.6 Å². The number of carbonyl (C=O) groups excluding carboxylic acids is 1. The zero-order valence-corrected chi connectivity index (χ0v) is 20.0. The van der Waals surface area contributed by atoms with E-state index < -0.39 is 0 Å². The first-order valence-corrected chi connectivity index (χ1v) is 12.6. The number of ether oxygens (including phenoxy) is 2. The van der Waals surface area contributed by atoms with E-state index in [1.54, 1.807) is 0 Å². The molecule has 1 aromatic heterocycles. The first-order chi connectivity index (χ1) is 16.7. The second-order valence-electron chi connectivity index (χ2n) is 9.73. The molecule has 5 rings (SSSR count). The quantitative estimate of drug-likeness (QED) is 0.639. The number of morpholine rings is 1. The Bertz CT molecular complexity index is 991. The summed E-state index contributed by atoms with van der Waals surface area (Å²) in [5.41, 5.74) is 4.42. The average molecular weight is 465 g/mol. The minimum atomic E-state index is 0.0354. The van der Waals surface area contributed by atoms with Crippen molar-refractivity contribution in [3.63, 3.8) is 0 Å². The van der Waals surface area contributed by atoms with E-state index in [4.69, 9.17) is 14.6 Å². The lowest BCUT2D eigenvalue weighted by atomic mass is 9.73. The van der Waals surface area contributed by atoms with E-state index in [1.165, 1.54) is 11.3 Å². The number of nitrogens with one attached hydrogen (secondary N) is 1. The Morgan fingerprint density at radius 2 is 1.88 bits per heavy atom. The molecule has 1 amide bonds. The Labute approximate surface area is 202 Å². The Morgan fingerprint density at radius 1 is 1.15 bits per heavy atom. The maximum Gasteiger partial charge on any atom is 0.274 e. The van der Waals surface area contributed by atoms with Crippen LogP contribution in [0.25, 0.3) is 0 Å². The zero-order chi connectivity index (χ0) is 23.4. The number of carbonyl (C=O) groups is 1. The fraction of sp³-hybridized carbons (Fsp3) is 0.556. The van der Waals surface area contributed by atoms with Gasteiger partial charge in [-0.2, -0.15) is 5.10 Å². The third-order valence-electron chi connectivity index (χ3n) is 7.71. The van der Waals surface area contributed by atoms with E-state index in [-0.39, 0.29) is 11.3 Å². The summed E-state index contributed by atoms with van der Waals surface area (Å²) < 4.78 is 13.1. The minimum absolute atomic E-state index is 0.0354. The molecule has 1 N–H and O–H groups in total. The van der Waals surface area contributed by atoms with Crippen LogP contribution in [0.3, 0.4) is 0 Å². The molecule has 1 aromatic carbocycles. The van der Waals surface area contributed by atoms with Gasteiger partial charge in [-0.25, -0.2) is 0 Å². The van der Waals surface area contributed by atoms with Crippen LogP contribution in [0.1, 0.15) is 46.6 Å². The maximum atomic E-state index is 13.4. The molecule has 1 atom stereocenters. The van der Waals surface area contributed by atoms with Gasteiger partial charge in [-0.05, 0) is 37.7 Å². The van der Waals surface area contributed by atoms with Crippen LogP contribution in [0.15, 0.2) is 43.0 Å². The summed E-state index contributed by atoms with van der Waals surface area (Å²) in [4.78, 5) is 15.3. The summed E-state index contributed by atoms with van der Waals surface area (Å²) in [5.74, 6) is 0.0354. The highest BCUT2D eigenvalue weighted by atomic mass is 16.5. The van der Waals surface area contributed by atoms with Crippen LogP contribution < -0.4 is 5.32 Å². The number of rotatable bonds is 7. The molecule has 1 aliphatic carbocycles. The van der Waals surface area contributed by atoms with Gasteiger partial charge in [-0.3, -0.25) is 9.48 Å². The van der Waals surface area contributed by atoms with E-state index in [9.17, 15) is 4.79 Å². The van der Waals surface area contributed by atoms with Crippen LogP contribution in [0, 0.1) is 0 Å². The van der Waals surface area contributed by atoms with Gasteiger partial charge in [0.25, 0.3) is 5.91 Å². The highest BCUT2D eigenvalue weighted by Gasteiger charge is 2.36. The molecule has 3 heterocycles. The minimum Gasteiger partial charge on any atom is -0.381 e. The monoisotopic (exact) mass is 464 g/mol. The van der Waals surface area contributed by atoms with Crippen molar-refractivity contribution in [3.05, 3.63) is 65.5 Å². The normalized spacial score (nSPS) is 22.2. The Kier molecular flexibility index (Phi) is 7.13. The number of allylic oxidation sites excluding steroid dienone is 1. The second-order valence-corrected chi connectivity index (χ2v) is 9.73. The third-order valence-corrected chi connectivity index (χ3v) is 7.71. The molecule has 182 valence electrons. The fourth-order valence-electron chi connectivity index (χ4n) is 5.68. The van der Waals surface area contributed by atoms with Crippen molar-refractivity contribution < 1.29 is 14.3 Å². The standard InChI is InChI=1S/C27H36N4O3/c1-2-12-31-24-9-8-22(19-23(24)25(29-31)26(32)30-13-17-34-18-14-30)28-20-27(10-15-33-16-11-27)21-6-4-3-5-7-21/h2-7,22,28H,1,8-20H2/t22-/m1/s1. The molecule has 2 aromatic rings. The van der Waals surface area contributed by atoms with E-state index in [0.717, 1.165) is 57.4 Å². The van der Waals surface area contributed by atoms with Crippen molar-refractivity contribution in [1.29, 1.82) is 0 Å². The molecule has 3 aliphatic rings. The van der Waals surface area contributed by atoms with Gasteiger partial charge < -0.3 is 19.7 Å². The van der Waals surface area contributed by atoms with Crippen LogP contribution in [0.5, 0.6) is 0 Å². The molecule has 0 unspecified atom stereocenters. The number of fused-ring (bicyclic) bond motifs is 1. The molecule has 7 nitrogen and oxygen atoms in total. The van der Waals surface area contributed by atoms with Crippen molar-refractivity contribution in [3.8, 4) is 0 Å². The van der Waals surface area contributed by atoms with Crippen LogP contribution >= 0.6 is 0 Å². The van der Waals surface area contributed by atoms with E-state index in [2.05, 4.69) is 42.2 Å². The predicted octanol–water partition coefficient (Wildman–Crippen LogP) is 2.74. The third kappa shape index (κ3) is 4.69. The highest BCUT2D eigenvalue weighted by Crippen LogP contribution is 2.35. The second kappa shape index (κ2) is 10.4. The number of hydrogen-bond acceptors (Lipinski definition) is 5. The molecule has 2 aliphatic heterocycles. The van der Waals surface area contributed by atoms with Crippen molar-refractivity contribution in [1.82, 2.24) is 20.0 Å². The predicted molar refractivity (Wildman–Crippen MR) is 131 cm³/mol. The van der Waals surface area contributed by atoms with Gasteiger partial charge >= 0.3 is 0 Å². The van der Waals surface area contributed by atoms with Gasteiger partial charge in [0.05, 0.1) is 19.8 Å². The highest BCUT2D eigenvalue weighted by molar-refractivity contribution is 5.94. The zero-order valence-electron chi connectivity index (χ0n) is 20.0. The molecule has 34 heavy (non-hydrogen) atoms. The molecular formula is C27H36N4O3. The number of amides is 1.